The lowest BCUT2D eigenvalue weighted by Crippen LogP contribution is -2.37. The molecule has 3 N–H and O–H groups in total. The summed E-state index contributed by atoms with van der Waals surface area (Å²) in [6.07, 6.45) is -4.01. The van der Waals surface area contributed by atoms with Gasteiger partial charge >= 0.3 is 11.9 Å². The number of benzene rings is 1. The van der Waals surface area contributed by atoms with Crippen LogP contribution in [0.5, 0.6) is 0 Å². The molecule has 2 rings (SSSR count). The van der Waals surface area contributed by atoms with Crippen LogP contribution in [-0.4, -0.2) is 27.1 Å². The van der Waals surface area contributed by atoms with Crippen molar-refractivity contribution >= 4 is 5.91 Å². The van der Waals surface area contributed by atoms with Crippen LogP contribution in [0.2, 0.25) is 0 Å². The number of hydrogen-bond donors (Lipinski definition) is 3. The van der Waals surface area contributed by atoms with E-state index in [-0.39, 0.29) is 17.8 Å². The highest BCUT2D eigenvalue weighted by Crippen LogP contribution is 2.32. The Morgan fingerprint density at radius 2 is 2.04 bits per heavy atom. The molecule has 0 saturated heterocycles. The van der Waals surface area contributed by atoms with Crippen LogP contribution in [-0.2, 0) is 12.6 Å². The third kappa shape index (κ3) is 4.21. The van der Waals surface area contributed by atoms with Gasteiger partial charge in [-0.3, -0.25) is 9.78 Å². The van der Waals surface area contributed by atoms with Gasteiger partial charge in [0, 0.05) is 6.04 Å². The number of carbonyl (C=O) groups is 1. The number of amides is 1. The largest absolute Gasteiger partial charge is 0.416 e. The van der Waals surface area contributed by atoms with E-state index in [0.29, 0.717) is 6.42 Å². The molecule has 0 bridgehead atoms. The number of nitrogens with zero attached hydrogens (tertiary/aromatic N) is 1. The van der Waals surface area contributed by atoms with E-state index in [0.717, 1.165) is 6.07 Å². The van der Waals surface area contributed by atoms with Crippen LogP contribution >= 0.6 is 0 Å². The van der Waals surface area contributed by atoms with Crippen molar-refractivity contribution in [1.82, 2.24) is 20.5 Å². The minimum absolute atomic E-state index is 0.0204. The summed E-state index contributed by atoms with van der Waals surface area (Å²) in [7, 11) is 0. The van der Waals surface area contributed by atoms with Crippen molar-refractivity contribution in [3.63, 3.8) is 0 Å². The lowest BCUT2D eigenvalue weighted by atomic mass is 9.98. The zero-order chi connectivity index (χ0) is 17.0. The standard InChI is InChI=1S/C14H15F3N4O2/c1-2-9(18-12(22)11-19-13(23)21-20-11)7-8-5-3-4-6-10(8)14(15,16)17/h3-6,9H,2,7H2,1H3,(H,18,22)(H2,19,20,21,23). The second-order valence-electron chi connectivity index (χ2n) is 4.96. The average Bonchev–Trinajstić information content (AvgIpc) is 2.92. The van der Waals surface area contributed by atoms with Gasteiger partial charge in [-0.2, -0.15) is 13.2 Å². The molecule has 1 unspecified atom stereocenters. The molecule has 1 heterocycles. The molecule has 0 saturated carbocycles. The molecule has 0 aliphatic rings. The van der Waals surface area contributed by atoms with Gasteiger partial charge in [0.2, 0.25) is 5.82 Å². The Kier molecular flexibility index (Phi) is 4.87. The molecule has 124 valence electrons. The number of aromatic amines is 2. The van der Waals surface area contributed by atoms with E-state index in [9.17, 15) is 22.8 Å². The smallest absolute Gasteiger partial charge is 0.346 e. The normalized spacial score (nSPS) is 12.9. The number of alkyl halides is 3. The first-order valence-corrected chi connectivity index (χ1v) is 6.92. The van der Waals surface area contributed by atoms with Crippen molar-refractivity contribution in [3.8, 4) is 0 Å². The molecule has 0 aliphatic carbocycles. The van der Waals surface area contributed by atoms with Crippen molar-refractivity contribution < 1.29 is 18.0 Å². The number of aromatic nitrogens is 3. The molecule has 0 aliphatic heterocycles. The van der Waals surface area contributed by atoms with Gasteiger partial charge in [0.05, 0.1) is 5.56 Å². The van der Waals surface area contributed by atoms with E-state index in [1.807, 2.05) is 5.10 Å². The topological polar surface area (TPSA) is 90.6 Å². The second-order valence-corrected chi connectivity index (χ2v) is 4.96. The Balaban J connectivity index is 2.14. The van der Waals surface area contributed by atoms with Gasteiger partial charge in [-0.1, -0.05) is 25.1 Å². The fraction of sp³-hybridized carbons (Fsp3) is 0.357. The average molecular weight is 328 g/mol. The molecule has 1 aromatic carbocycles. The molecule has 2 aromatic rings. The van der Waals surface area contributed by atoms with E-state index in [1.165, 1.54) is 18.2 Å². The van der Waals surface area contributed by atoms with Gasteiger partial charge in [0.25, 0.3) is 5.91 Å². The summed E-state index contributed by atoms with van der Waals surface area (Å²) in [6.45, 7) is 1.74. The number of hydrogen-bond acceptors (Lipinski definition) is 3. The van der Waals surface area contributed by atoms with Gasteiger partial charge in [-0.05, 0) is 24.5 Å². The Hall–Kier alpha value is -2.58. The summed E-state index contributed by atoms with van der Waals surface area (Å²) in [5, 5.41) is 8.10. The van der Waals surface area contributed by atoms with Crippen LogP contribution in [0.1, 0.15) is 35.1 Å². The number of carbonyl (C=O) groups excluding carboxylic acids is 1. The predicted molar refractivity (Wildman–Crippen MR) is 75.9 cm³/mol. The van der Waals surface area contributed by atoms with Crippen LogP contribution in [0.15, 0.2) is 29.1 Å². The first-order valence-electron chi connectivity index (χ1n) is 6.92. The molecular formula is C14H15F3N4O2. The maximum absolute atomic E-state index is 13.0. The van der Waals surface area contributed by atoms with E-state index in [2.05, 4.69) is 15.4 Å². The van der Waals surface area contributed by atoms with Gasteiger partial charge in [0.1, 0.15) is 0 Å². The number of nitrogens with one attached hydrogen (secondary N) is 3. The Bertz CT molecular complexity index is 736. The van der Waals surface area contributed by atoms with Crippen molar-refractivity contribution in [2.24, 2.45) is 0 Å². The van der Waals surface area contributed by atoms with Gasteiger partial charge in [-0.15, -0.1) is 5.10 Å². The van der Waals surface area contributed by atoms with Gasteiger partial charge in [-0.25, -0.2) is 9.89 Å². The number of rotatable bonds is 5. The van der Waals surface area contributed by atoms with Crippen molar-refractivity contribution in [2.75, 3.05) is 0 Å². The van der Waals surface area contributed by atoms with Crippen LogP contribution < -0.4 is 11.0 Å². The highest BCUT2D eigenvalue weighted by atomic mass is 19.4. The fourth-order valence-electron chi connectivity index (χ4n) is 2.17. The fourth-order valence-corrected chi connectivity index (χ4v) is 2.17. The summed E-state index contributed by atoms with van der Waals surface area (Å²) in [5.41, 5.74) is -1.26. The summed E-state index contributed by atoms with van der Waals surface area (Å²) in [6, 6.07) is 4.71. The first kappa shape index (κ1) is 16.8. The zero-order valence-electron chi connectivity index (χ0n) is 12.2. The highest BCUT2D eigenvalue weighted by Gasteiger charge is 2.33. The van der Waals surface area contributed by atoms with Crippen molar-refractivity contribution in [3.05, 3.63) is 51.7 Å². The molecule has 0 spiro atoms. The van der Waals surface area contributed by atoms with E-state index in [4.69, 9.17) is 0 Å². The minimum atomic E-state index is -4.45. The zero-order valence-corrected chi connectivity index (χ0v) is 12.2. The molecule has 9 heteroatoms. The summed E-state index contributed by atoms with van der Waals surface area (Å²) in [5.74, 6) is -0.864. The van der Waals surface area contributed by atoms with E-state index >= 15 is 0 Å². The molecule has 1 amide bonds. The van der Waals surface area contributed by atoms with Crippen LogP contribution in [0.4, 0.5) is 13.2 Å². The minimum Gasteiger partial charge on any atom is -0.346 e. The molecule has 1 aromatic heterocycles. The highest BCUT2D eigenvalue weighted by molar-refractivity contribution is 5.90. The summed E-state index contributed by atoms with van der Waals surface area (Å²) in [4.78, 5) is 25.0. The van der Waals surface area contributed by atoms with Crippen molar-refractivity contribution in [2.45, 2.75) is 32.0 Å². The van der Waals surface area contributed by atoms with Crippen LogP contribution in [0.3, 0.4) is 0 Å². The van der Waals surface area contributed by atoms with Gasteiger partial charge in [0.15, 0.2) is 0 Å². The third-order valence-electron chi connectivity index (χ3n) is 3.33. The first-order chi connectivity index (χ1) is 10.8. The Morgan fingerprint density at radius 1 is 1.35 bits per heavy atom. The van der Waals surface area contributed by atoms with Crippen LogP contribution in [0.25, 0.3) is 0 Å². The lowest BCUT2D eigenvalue weighted by molar-refractivity contribution is -0.138. The quantitative estimate of drug-likeness (QED) is 0.782. The summed E-state index contributed by atoms with van der Waals surface area (Å²) >= 11 is 0. The predicted octanol–water partition coefficient (Wildman–Crippen LogP) is 1.87. The monoisotopic (exact) mass is 328 g/mol. The van der Waals surface area contributed by atoms with E-state index < -0.39 is 29.4 Å². The van der Waals surface area contributed by atoms with E-state index in [1.54, 1.807) is 6.92 Å². The second kappa shape index (κ2) is 6.67. The lowest BCUT2D eigenvalue weighted by Gasteiger charge is -2.19. The molecule has 6 nitrogen and oxygen atoms in total. The molecule has 0 fully saturated rings. The maximum Gasteiger partial charge on any atom is 0.416 e. The third-order valence-corrected chi connectivity index (χ3v) is 3.33. The Labute approximate surface area is 129 Å². The molecule has 23 heavy (non-hydrogen) atoms. The van der Waals surface area contributed by atoms with Crippen LogP contribution in [0, 0.1) is 0 Å². The SMILES string of the molecule is CCC(Cc1ccccc1C(F)(F)F)NC(=O)c1n[nH]c(=O)[nH]1. The molecule has 0 radical (unpaired) electrons. The molecule has 1 atom stereocenters. The molecular weight excluding hydrogens is 313 g/mol. The number of halogens is 3. The summed E-state index contributed by atoms with van der Waals surface area (Å²) < 4.78 is 39.0. The van der Waals surface area contributed by atoms with Gasteiger partial charge < -0.3 is 5.32 Å². The Morgan fingerprint density at radius 3 is 2.61 bits per heavy atom. The maximum atomic E-state index is 13.0. The van der Waals surface area contributed by atoms with Crippen molar-refractivity contribution in [1.29, 1.82) is 0 Å². The number of H-pyrrole nitrogens is 2.